The van der Waals surface area contributed by atoms with Gasteiger partial charge in [0.15, 0.2) is 0 Å². The molecule has 1 aromatic carbocycles. The molecule has 0 spiro atoms. The monoisotopic (exact) mass is 183 g/mol. The van der Waals surface area contributed by atoms with E-state index in [-0.39, 0.29) is 5.82 Å². The van der Waals surface area contributed by atoms with Crippen LogP contribution >= 0.6 is 0 Å². The predicted octanol–water partition coefficient (Wildman–Crippen LogP) is 1.69. The van der Waals surface area contributed by atoms with E-state index in [4.69, 9.17) is 4.74 Å². The molecule has 0 saturated carbocycles. The topological polar surface area (TPSA) is 21.3 Å². The van der Waals surface area contributed by atoms with E-state index in [9.17, 15) is 4.39 Å². The number of rotatable bonds is 0. The third kappa shape index (κ3) is 2.50. The molecule has 1 N–H and O–H groups in total. The molecule has 1 heterocycles. The molecule has 2 rings (SSSR count). The van der Waals surface area contributed by atoms with E-state index in [1.54, 1.807) is 6.07 Å². The normalized spacial score (nSPS) is 13.2. The molecule has 0 bridgehead atoms. The van der Waals surface area contributed by atoms with Crippen LogP contribution in [-0.4, -0.2) is 14.1 Å². The minimum Gasteiger partial charge on any atom is -0.372 e. The van der Waals surface area contributed by atoms with Crippen LogP contribution in [0.1, 0.15) is 11.1 Å². The summed E-state index contributed by atoms with van der Waals surface area (Å²) in [6.45, 7) is 0.995. The van der Waals surface area contributed by atoms with Crippen molar-refractivity contribution in [2.45, 2.75) is 13.2 Å². The summed E-state index contributed by atoms with van der Waals surface area (Å²) in [6.07, 6.45) is 0. The number of fused-ring (bicyclic) bond motifs is 1. The third-order valence-corrected chi connectivity index (χ3v) is 1.72. The number of halogens is 1. The van der Waals surface area contributed by atoms with Gasteiger partial charge in [-0.15, -0.1) is 0 Å². The van der Waals surface area contributed by atoms with Crippen LogP contribution in [0.25, 0.3) is 0 Å². The van der Waals surface area contributed by atoms with Gasteiger partial charge < -0.3 is 10.1 Å². The Morgan fingerprint density at radius 1 is 1.31 bits per heavy atom. The second-order valence-corrected chi connectivity index (χ2v) is 2.87. The molecule has 0 atom stereocenters. The lowest BCUT2D eigenvalue weighted by molar-refractivity contribution is 0.133. The van der Waals surface area contributed by atoms with Gasteiger partial charge in [0.1, 0.15) is 5.82 Å². The van der Waals surface area contributed by atoms with Crippen molar-refractivity contribution < 1.29 is 9.13 Å². The van der Waals surface area contributed by atoms with Crippen molar-refractivity contribution in [1.29, 1.82) is 0 Å². The van der Waals surface area contributed by atoms with Gasteiger partial charge in [-0.25, -0.2) is 4.39 Å². The lowest BCUT2D eigenvalue weighted by Gasteiger charge is -1.94. The Bertz CT molecular complexity index is 276. The Hall–Kier alpha value is -0.930. The molecule has 0 unspecified atom stereocenters. The summed E-state index contributed by atoms with van der Waals surface area (Å²) < 4.78 is 17.9. The molecule has 1 aliphatic heterocycles. The Labute approximate surface area is 77.7 Å². The van der Waals surface area contributed by atoms with Crippen LogP contribution in [0.3, 0.4) is 0 Å². The molecule has 2 nitrogen and oxygen atoms in total. The van der Waals surface area contributed by atoms with Crippen molar-refractivity contribution in [2.24, 2.45) is 0 Å². The standard InChI is InChI=1S/C8H7FO.C2H7N/c9-8-3-1-2-6-4-10-5-7(6)8;1-3-2/h1-3H,4-5H2;3H,1-2H3. The van der Waals surface area contributed by atoms with Gasteiger partial charge in [-0.2, -0.15) is 0 Å². The summed E-state index contributed by atoms with van der Waals surface area (Å²) in [7, 11) is 3.75. The zero-order valence-corrected chi connectivity index (χ0v) is 7.93. The molecule has 0 fully saturated rings. The van der Waals surface area contributed by atoms with Gasteiger partial charge in [-0.05, 0) is 25.7 Å². The molecule has 0 amide bonds. The Balaban J connectivity index is 0.000000251. The number of hydrogen-bond donors (Lipinski definition) is 1. The minimum atomic E-state index is -0.144. The maximum Gasteiger partial charge on any atom is 0.129 e. The molecule has 1 aromatic rings. The lowest BCUT2D eigenvalue weighted by Crippen LogP contribution is -1.89. The highest BCUT2D eigenvalue weighted by Gasteiger charge is 2.13. The molecule has 0 radical (unpaired) electrons. The zero-order chi connectivity index (χ0) is 9.68. The van der Waals surface area contributed by atoms with Gasteiger partial charge in [-0.1, -0.05) is 12.1 Å². The first-order valence-corrected chi connectivity index (χ1v) is 4.22. The fraction of sp³-hybridized carbons (Fsp3) is 0.400. The molecule has 1 aliphatic rings. The van der Waals surface area contributed by atoms with E-state index in [1.165, 1.54) is 6.07 Å². The van der Waals surface area contributed by atoms with Crippen LogP contribution in [0.2, 0.25) is 0 Å². The smallest absolute Gasteiger partial charge is 0.129 e. The fourth-order valence-corrected chi connectivity index (χ4v) is 1.16. The first kappa shape index (κ1) is 10.2. The first-order valence-electron chi connectivity index (χ1n) is 4.22. The molecule has 0 saturated heterocycles. The van der Waals surface area contributed by atoms with Crippen molar-refractivity contribution >= 4 is 0 Å². The van der Waals surface area contributed by atoms with Crippen LogP contribution in [0.15, 0.2) is 18.2 Å². The summed E-state index contributed by atoms with van der Waals surface area (Å²) in [4.78, 5) is 0. The van der Waals surface area contributed by atoms with Gasteiger partial charge >= 0.3 is 0 Å². The van der Waals surface area contributed by atoms with Gasteiger partial charge in [0.25, 0.3) is 0 Å². The molecule has 13 heavy (non-hydrogen) atoms. The third-order valence-electron chi connectivity index (χ3n) is 1.72. The van der Waals surface area contributed by atoms with Crippen molar-refractivity contribution in [3.05, 3.63) is 35.1 Å². The Morgan fingerprint density at radius 3 is 2.62 bits per heavy atom. The van der Waals surface area contributed by atoms with Crippen LogP contribution in [0, 0.1) is 5.82 Å². The summed E-state index contributed by atoms with van der Waals surface area (Å²) in [5.74, 6) is -0.144. The van der Waals surface area contributed by atoms with E-state index in [2.05, 4.69) is 5.32 Å². The van der Waals surface area contributed by atoms with E-state index in [0.717, 1.165) is 11.1 Å². The number of benzene rings is 1. The molecular formula is C10H14FNO. The summed E-state index contributed by atoms with van der Waals surface area (Å²) in [5.41, 5.74) is 1.71. The second-order valence-electron chi connectivity index (χ2n) is 2.87. The highest BCUT2D eigenvalue weighted by molar-refractivity contribution is 5.29. The summed E-state index contributed by atoms with van der Waals surface area (Å²) >= 11 is 0. The van der Waals surface area contributed by atoms with Gasteiger partial charge in [0.05, 0.1) is 13.2 Å². The second kappa shape index (κ2) is 4.94. The Morgan fingerprint density at radius 2 is 2.00 bits per heavy atom. The maximum absolute atomic E-state index is 12.8. The minimum absolute atomic E-state index is 0.144. The van der Waals surface area contributed by atoms with Crippen molar-refractivity contribution in [3.63, 3.8) is 0 Å². The number of nitrogens with one attached hydrogen (secondary N) is 1. The molecule has 0 aliphatic carbocycles. The quantitative estimate of drug-likeness (QED) is 0.661. The van der Waals surface area contributed by atoms with Gasteiger partial charge in [0.2, 0.25) is 0 Å². The van der Waals surface area contributed by atoms with E-state index in [0.29, 0.717) is 13.2 Å². The molecular weight excluding hydrogens is 169 g/mol. The van der Waals surface area contributed by atoms with E-state index in [1.807, 2.05) is 20.2 Å². The highest BCUT2D eigenvalue weighted by atomic mass is 19.1. The largest absolute Gasteiger partial charge is 0.372 e. The predicted molar refractivity (Wildman–Crippen MR) is 49.9 cm³/mol. The fourth-order valence-electron chi connectivity index (χ4n) is 1.16. The average Bonchev–Trinajstić information content (AvgIpc) is 2.54. The van der Waals surface area contributed by atoms with Crippen molar-refractivity contribution in [3.8, 4) is 0 Å². The molecule has 72 valence electrons. The molecule has 3 heteroatoms. The van der Waals surface area contributed by atoms with Crippen LogP contribution in [0.5, 0.6) is 0 Å². The van der Waals surface area contributed by atoms with Gasteiger partial charge in [0, 0.05) is 5.56 Å². The number of ether oxygens (including phenoxy) is 1. The summed E-state index contributed by atoms with van der Waals surface area (Å²) in [6, 6.07) is 5.07. The van der Waals surface area contributed by atoms with Crippen molar-refractivity contribution in [1.82, 2.24) is 5.32 Å². The SMILES string of the molecule is CNC.Fc1cccc2c1COC2. The van der Waals surface area contributed by atoms with Crippen LogP contribution in [-0.2, 0) is 18.0 Å². The first-order chi connectivity index (χ1) is 6.29. The Kier molecular flexibility index (Phi) is 3.86. The van der Waals surface area contributed by atoms with E-state index >= 15 is 0 Å². The molecule has 0 aromatic heterocycles. The van der Waals surface area contributed by atoms with Gasteiger partial charge in [-0.3, -0.25) is 0 Å². The average molecular weight is 183 g/mol. The lowest BCUT2D eigenvalue weighted by atomic mass is 10.1. The number of hydrogen-bond acceptors (Lipinski definition) is 2. The highest BCUT2D eigenvalue weighted by Crippen LogP contribution is 2.21. The van der Waals surface area contributed by atoms with Crippen LogP contribution in [0.4, 0.5) is 4.39 Å². The maximum atomic E-state index is 12.8. The van der Waals surface area contributed by atoms with E-state index < -0.39 is 0 Å². The van der Waals surface area contributed by atoms with Crippen LogP contribution < -0.4 is 5.32 Å². The van der Waals surface area contributed by atoms with Crippen molar-refractivity contribution in [2.75, 3.05) is 14.1 Å². The zero-order valence-electron chi connectivity index (χ0n) is 7.93. The summed E-state index contributed by atoms with van der Waals surface area (Å²) in [5, 5.41) is 2.75.